The number of hydrogen-bond donors (Lipinski definition) is 1. The molecule has 7 heteroatoms. The summed E-state index contributed by atoms with van der Waals surface area (Å²) >= 11 is 0. The van der Waals surface area contributed by atoms with Crippen LogP contribution in [0.4, 0.5) is 11.6 Å². The molecule has 2 heterocycles. The lowest BCUT2D eigenvalue weighted by atomic mass is 10.1. The van der Waals surface area contributed by atoms with Gasteiger partial charge in [0.2, 0.25) is 0 Å². The van der Waals surface area contributed by atoms with E-state index < -0.39 is 0 Å². The molecule has 0 aliphatic carbocycles. The number of anilines is 2. The first kappa shape index (κ1) is 19.7. The maximum absolute atomic E-state index is 12.8. The van der Waals surface area contributed by atoms with E-state index in [4.69, 9.17) is 4.74 Å². The van der Waals surface area contributed by atoms with E-state index in [9.17, 15) is 4.79 Å². The van der Waals surface area contributed by atoms with Crippen molar-refractivity contribution in [1.82, 2.24) is 15.1 Å². The van der Waals surface area contributed by atoms with E-state index in [1.807, 2.05) is 53.4 Å². The van der Waals surface area contributed by atoms with Gasteiger partial charge in [0.15, 0.2) is 5.82 Å². The van der Waals surface area contributed by atoms with Gasteiger partial charge in [0.1, 0.15) is 11.6 Å². The highest BCUT2D eigenvalue weighted by Crippen LogP contribution is 2.18. The SMILES string of the molecule is COc1cccc(C(=O)N2CCN(c3ccc(NCc4ccccc4)nn3)CC2)c1. The van der Waals surface area contributed by atoms with Gasteiger partial charge in [-0.1, -0.05) is 36.4 Å². The van der Waals surface area contributed by atoms with Crippen molar-refractivity contribution < 1.29 is 9.53 Å². The molecule has 2 aromatic carbocycles. The summed E-state index contributed by atoms with van der Waals surface area (Å²) < 4.78 is 5.22. The van der Waals surface area contributed by atoms with Gasteiger partial charge in [-0.25, -0.2) is 0 Å². The maximum atomic E-state index is 12.8. The molecule has 1 aliphatic heterocycles. The molecular weight excluding hydrogens is 378 g/mol. The van der Waals surface area contributed by atoms with E-state index in [-0.39, 0.29) is 5.91 Å². The van der Waals surface area contributed by atoms with Crippen LogP contribution in [0.5, 0.6) is 5.75 Å². The average molecular weight is 403 g/mol. The second kappa shape index (κ2) is 9.26. The highest BCUT2D eigenvalue weighted by Gasteiger charge is 2.23. The topological polar surface area (TPSA) is 70.6 Å². The van der Waals surface area contributed by atoms with Gasteiger partial charge in [0.25, 0.3) is 5.91 Å². The lowest BCUT2D eigenvalue weighted by Gasteiger charge is -2.35. The number of amides is 1. The number of hydrogen-bond acceptors (Lipinski definition) is 6. The van der Waals surface area contributed by atoms with Gasteiger partial charge in [-0.3, -0.25) is 4.79 Å². The van der Waals surface area contributed by atoms with E-state index in [0.717, 1.165) is 24.7 Å². The van der Waals surface area contributed by atoms with E-state index in [1.54, 1.807) is 13.2 Å². The second-order valence-corrected chi connectivity index (χ2v) is 7.13. The lowest BCUT2D eigenvalue weighted by molar-refractivity contribution is 0.0746. The molecule has 1 aliphatic rings. The molecule has 0 atom stereocenters. The van der Waals surface area contributed by atoms with Crippen molar-refractivity contribution in [2.45, 2.75) is 6.54 Å². The summed E-state index contributed by atoms with van der Waals surface area (Å²) in [6.45, 7) is 3.44. The molecule has 3 aromatic rings. The zero-order valence-electron chi connectivity index (χ0n) is 17.0. The molecule has 7 nitrogen and oxygen atoms in total. The fourth-order valence-electron chi connectivity index (χ4n) is 3.45. The first-order valence-electron chi connectivity index (χ1n) is 10.0. The Kier molecular flexibility index (Phi) is 6.08. The van der Waals surface area contributed by atoms with Crippen LogP contribution in [0.15, 0.2) is 66.7 Å². The molecular formula is C23H25N5O2. The molecule has 154 valence electrons. The molecule has 1 amide bonds. The molecule has 0 spiro atoms. The Hall–Kier alpha value is -3.61. The highest BCUT2D eigenvalue weighted by atomic mass is 16.5. The van der Waals surface area contributed by atoms with E-state index in [0.29, 0.717) is 30.9 Å². The van der Waals surface area contributed by atoms with Gasteiger partial charge in [-0.05, 0) is 35.9 Å². The third-order valence-corrected chi connectivity index (χ3v) is 5.17. The third kappa shape index (κ3) is 4.68. The Morgan fingerprint density at radius 1 is 0.967 bits per heavy atom. The number of nitrogens with one attached hydrogen (secondary N) is 1. The zero-order valence-corrected chi connectivity index (χ0v) is 17.0. The number of methoxy groups -OCH3 is 1. The van der Waals surface area contributed by atoms with Crippen LogP contribution in [0.3, 0.4) is 0 Å². The van der Waals surface area contributed by atoms with E-state index >= 15 is 0 Å². The Labute approximate surface area is 176 Å². The lowest BCUT2D eigenvalue weighted by Crippen LogP contribution is -2.49. The third-order valence-electron chi connectivity index (χ3n) is 5.17. The number of carbonyl (C=O) groups excluding carboxylic acids is 1. The molecule has 0 saturated carbocycles. The molecule has 0 bridgehead atoms. The van der Waals surface area contributed by atoms with E-state index in [1.165, 1.54) is 5.56 Å². The fourth-order valence-corrected chi connectivity index (χ4v) is 3.45. The number of benzene rings is 2. The van der Waals surface area contributed by atoms with E-state index in [2.05, 4.69) is 32.5 Å². The van der Waals surface area contributed by atoms with Crippen molar-refractivity contribution in [1.29, 1.82) is 0 Å². The van der Waals surface area contributed by atoms with Crippen molar-refractivity contribution >= 4 is 17.5 Å². The summed E-state index contributed by atoms with van der Waals surface area (Å²) in [4.78, 5) is 16.8. The molecule has 0 unspecified atom stereocenters. The maximum Gasteiger partial charge on any atom is 0.254 e. The summed E-state index contributed by atoms with van der Waals surface area (Å²) in [6.07, 6.45) is 0. The Morgan fingerprint density at radius 3 is 2.47 bits per heavy atom. The van der Waals surface area contributed by atoms with Gasteiger partial charge >= 0.3 is 0 Å². The van der Waals surface area contributed by atoms with Crippen LogP contribution in [-0.2, 0) is 6.54 Å². The fraction of sp³-hybridized carbons (Fsp3) is 0.261. The van der Waals surface area contributed by atoms with Crippen LogP contribution in [0.1, 0.15) is 15.9 Å². The van der Waals surface area contributed by atoms with Gasteiger partial charge in [0, 0.05) is 38.3 Å². The second-order valence-electron chi connectivity index (χ2n) is 7.13. The smallest absolute Gasteiger partial charge is 0.254 e. The average Bonchev–Trinajstić information content (AvgIpc) is 2.83. The number of rotatable bonds is 6. The molecule has 1 aromatic heterocycles. The Morgan fingerprint density at radius 2 is 1.77 bits per heavy atom. The van der Waals surface area contributed by atoms with Crippen molar-refractivity contribution in [2.24, 2.45) is 0 Å². The standard InChI is InChI=1S/C23H25N5O2/c1-30-20-9-5-8-19(16-20)23(29)28-14-12-27(13-15-28)22-11-10-21(25-26-22)24-17-18-6-3-2-4-7-18/h2-11,16H,12-15,17H2,1H3,(H,24,25). The van der Waals surface area contributed by atoms with Crippen molar-refractivity contribution in [3.63, 3.8) is 0 Å². The van der Waals surface area contributed by atoms with Crippen LogP contribution in [0.2, 0.25) is 0 Å². The molecule has 30 heavy (non-hydrogen) atoms. The Balaban J connectivity index is 1.31. The van der Waals surface area contributed by atoms with Gasteiger partial charge < -0.3 is 19.9 Å². The van der Waals surface area contributed by atoms with Crippen molar-refractivity contribution in [3.05, 3.63) is 77.9 Å². The normalized spacial score (nSPS) is 13.8. The van der Waals surface area contributed by atoms with Gasteiger partial charge in [-0.15, -0.1) is 10.2 Å². The first-order valence-corrected chi connectivity index (χ1v) is 10.0. The Bertz CT molecular complexity index is 970. The van der Waals surface area contributed by atoms with Crippen molar-refractivity contribution in [3.8, 4) is 5.75 Å². The number of ether oxygens (including phenoxy) is 1. The predicted octanol–water partition coefficient (Wildman–Crippen LogP) is 3.06. The number of nitrogens with zero attached hydrogens (tertiary/aromatic N) is 4. The number of aromatic nitrogens is 2. The zero-order chi connectivity index (χ0) is 20.8. The number of piperazine rings is 1. The summed E-state index contributed by atoms with van der Waals surface area (Å²) in [7, 11) is 1.60. The van der Waals surface area contributed by atoms with Crippen LogP contribution >= 0.6 is 0 Å². The van der Waals surface area contributed by atoms with Crippen LogP contribution in [0.25, 0.3) is 0 Å². The quantitative estimate of drug-likeness (QED) is 0.682. The molecule has 4 rings (SSSR count). The summed E-state index contributed by atoms with van der Waals surface area (Å²) in [5, 5.41) is 11.9. The monoisotopic (exact) mass is 403 g/mol. The molecule has 1 fully saturated rings. The summed E-state index contributed by atoms with van der Waals surface area (Å²) in [5.74, 6) is 2.29. The molecule has 1 saturated heterocycles. The van der Waals surface area contributed by atoms with Crippen molar-refractivity contribution in [2.75, 3.05) is 43.5 Å². The van der Waals surface area contributed by atoms with Crippen LogP contribution < -0.4 is 15.0 Å². The van der Waals surface area contributed by atoms with Crippen LogP contribution in [-0.4, -0.2) is 54.3 Å². The van der Waals surface area contributed by atoms with Crippen LogP contribution in [0, 0.1) is 0 Å². The largest absolute Gasteiger partial charge is 0.497 e. The number of carbonyl (C=O) groups is 1. The van der Waals surface area contributed by atoms with Gasteiger partial charge in [-0.2, -0.15) is 0 Å². The predicted molar refractivity (Wildman–Crippen MR) is 117 cm³/mol. The minimum Gasteiger partial charge on any atom is -0.497 e. The first-order chi connectivity index (χ1) is 14.7. The summed E-state index contributed by atoms with van der Waals surface area (Å²) in [5.41, 5.74) is 1.84. The summed E-state index contributed by atoms with van der Waals surface area (Å²) in [6, 6.07) is 21.4. The highest BCUT2D eigenvalue weighted by molar-refractivity contribution is 5.94. The minimum atomic E-state index is 0.0279. The molecule has 0 radical (unpaired) electrons. The van der Waals surface area contributed by atoms with Gasteiger partial charge in [0.05, 0.1) is 7.11 Å². The minimum absolute atomic E-state index is 0.0279. The molecule has 1 N–H and O–H groups in total.